The van der Waals surface area contributed by atoms with Crippen molar-refractivity contribution in [2.75, 3.05) is 5.32 Å². The number of imide groups is 1. The zero-order valence-electron chi connectivity index (χ0n) is 14.4. The maximum atomic E-state index is 12.7. The molecule has 0 aromatic heterocycles. The SMILES string of the molecule is O=C1CC[C@H](N2Cc3cc(NC(=O)c4ccccc4)ccc3C2=O)C(=O)N1. The Balaban J connectivity index is 1.52. The highest BCUT2D eigenvalue weighted by atomic mass is 16.2. The molecule has 1 saturated heterocycles. The number of rotatable bonds is 3. The highest BCUT2D eigenvalue weighted by molar-refractivity contribution is 6.07. The van der Waals surface area contributed by atoms with E-state index in [4.69, 9.17) is 0 Å². The minimum Gasteiger partial charge on any atom is -0.322 e. The Morgan fingerprint density at radius 3 is 2.59 bits per heavy atom. The van der Waals surface area contributed by atoms with Crippen molar-refractivity contribution in [1.29, 1.82) is 0 Å². The second-order valence-corrected chi connectivity index (χ2v) is 6.59. The summed E-state index contributed by atoms with van der Waals surface area (Å²) in [6.07, 6.45) is 0.539. The third-order valence-corrected chi connectivity index (χ3v) is 4.82. The first-order valence-electron chi connectivity index (χ1n) is 8.67. The normalized spacial score (nSPS) is 18.9. The van der Waals surface area contributed by atoms with Crippen molar-refractivity contribution in [3.8, 4) is 0 Å². The fraction of sp³-hybridized carbons (Fsp3) is 0.200. The lowest BCUT2D eigenvalue weighted by Gasteiger charge is -2.29. The molecule has 7 nitrogen and oxygen atoms in total. The summed E-state index contributed by atoms with van der Waals surface area (Å²) in [7, 11) is 0. The predicted molar refractivity (Wildman–Crippen MR) is 96.9 cm³/mol. The number of anilines is 1. The van der Waals surface area contributed by atoms with Crippen molar-refractivity contribution in [1.82, 2.24) is 10.2 Å². The van der Waals surface area contributed by atoms with Gasteiger partial charge in [0.05, 0.1) is 0 Å². The highest BCUT2D eigenvalue weighted by Crippen LogP contribution is 2.29. The van der Waals surface area contributed by atoms with E-state index in [1.807, 2.05) is 6.07 Å². The Hall–Kier alpha value is -3.48. The maximum Gasteiger partial charge on any atom is 0.255 e. The second-order valence-electron chi connectivity index (χ2n) is 6.59. The van der Waals surface area contributed by atoms with Gasteiger partial charge < -0.3 is 10.2 Å². The van der Waals surface area contributed by atoms with E-state index in [2.05, 4.69) is 10.6 Å². The number of fused-ring (bicyclic) bond motifs is 1. The van der Waals surface area contributed by atoms with Gasteiger partial charge in [-0.2, -0.15) is 0 Å². The van der Waals surface area contributed by atoms with Crippen LogP contribution in [-0.4, -0.2) is 34.6 Å². The average molecular weight is 363 g/mol. The largest absolute Gasteiger partial charge is 0.322 e. The van der Waals surface area contributed by atoms with Gasteiger partial charge in [-0.25, -0.2) is 0 Å². The summed E-state index contributed by atoms with van der Waals surface area (Å²) in [5.74, 6) is -1.22. The summed E-state index contributed by atoms with van der Waals surface area (Å²) < 4.78 is 0. The minimum atomic E-state index is -0.648. The van der Waals surface area contributed by atoms with Crippen LogP contribution in [0, 0.1) is 0 Å². The van der Waals surface area contributed by atoms with Crippen LogP contribution in [0.15, 0.2) is 48.5 Å². The molecular weight excluding hydrogens is 346 g/mol. The molecule has 0 bridgehead atoms. The lowest BCUT2D eigenvalue weighted by atomic mass is 10.0. The van der Waals surface area contributed by atoms with E-state index in [1.54, 1.807) is 42.5 Å². The van der Waals surface area contributed by atoms with Crippen LogP contribution in [0.5, 0.6) is 0 Å². The predicted octanol–water partition coefficient (Wildman–Crippen LogP) is 1.70. The Kier molecular flexibility index (Phi) is 4.19. The first kappa shape index (κ1) is 17.0. The van der Waals surface area contributed by atoms with Gasteiger partial charge in [-0.05, 0) is 42.3 Å². The molecule has 1 atom stereocenters. The van der Waals surface area contributed by atoms with Gasteiger partial charge in [0.25, 0.3) is 11.8 Å². The Labute approximate surface area is 155 Å². The summed E-state index contributed by atoms with van der Waals surface area (Å²) in [4.78, 5) is 49.8. The van der Waals surface area contributed by atoms with Crippen molar-refractivity contribution < 1.29 is 19.2 Å². The molecule has 1 fully saturated rings. The number of piperidine rings is 1. The number of nitrogens with one attached hydrogen (secondary N) is 2. The van der Waals surface area contributed by atoms with E-state index in [9.17, 15) is 19.2 Å². The van der Waals surface area contributed by atoms with Crippen molar-refractivity contribution in [2.45, 2.75) is 25.4 Å². The molecule has 2 aliphatic heterocycles. The number of hydrogen-bond donors (Lipinski definition) is 2. The van der Waals surface area contributed by atoms with Gasteiger partial charge in [-0.3, -0.25) is 24.5 Å². The van der Waals surface area contributed by atoms with E-state index >= 15 is 0 Å². The molecule has 2 aromatic carbocycles. The first-order valence-corrected chi connectivity index (χ1v) is 8.67. The van der Waals surface area contributed by atoms with Crippen LogP contribution in [-0.2, 0) is 16.1 Å². The van der Waals surface area contributed by atoms with Crippen molar-refractivity contribution in [2.24, 2.45) is 0 Å². The monoisotopic (exact) mass is 363 g/mol. The summed E-state index contributed by atoms with van der Waals surface area (Å²) >= 11 is 0. The zero-order valence-corrected chi connectivity index (χ0v) is 14.4. The highest BCUT2D eigenvalue weighted by Gasteiger charge is 2.39. The van der Waals surface area contributed by atoms with Crippen molar-refractivity contribution >= 4 is 29.3 Å². The molecule has 4 rings (SSSR count). The van der Waals surface area contributed by atoms with Crippen LogP contribution < -0.4 is 10.6 Å². The van der Waals surface area contributed by atoms with Crippen molar-refractivity contribution in [3.05, 3.63) is 65.2 Å². The standard InChI is InChI=1S/C20H17N3O4/c24-17-9-8-16(19(26)22-17)23-11-13-10-14(6-7-15(13)20(23)27)21-18(25)12-4-2-1-3-5-12/h1-7,10,16H,8-9,11H2,(H,21,25)(H,22,24,26)/t16-/m0/s1. The molecule has 0 spiro atoms. The van der Waals surface area contributed by atoms with Gasteiger partial charge in [0, 0.05) is 29.8 Å². The number of nitrogens with zero attached hydrogens (tertiary/aromatic N) is 1. The van der Waals surface area contributed by atoms with Crippen LogP contribution in [0.4, 0.5) is 5.69 Å². The topological polar surface area (TPSA) is 95.6 Å². The number of carbonyl (C=O) groups excluding carboxylic acids is 4. The Morgan fingerprint density at radius 1 is 1.07 bits per heavy atom. The molecule has 4 amide bonds. The molecule has 27 heavy (non-hydrogen) atoms. The number of carbonyl (C=O) groups is 4. The molecule has 2 heterocycles. The summed E-state index contributed by atoms with van der Waals surface area (Å²) in [5, 5.41) is 5.10. The van der Waals surface area contributed by atoms with Crippen LogP contribution in [0.1, 0.15) is 39.1 Å². The van der Waals surface area contributed by atoms with E-state index in [-0.39, 0.29) is 30.7 Å². The number of benzene rings is 2. The molecule has 2 aromatic rings. The second kappa shape index (κ2) is 6.68. The zero-order chi connectivity index (χ0) is 19.0. The molecule has 7 heteroatoms. The molecule has 0 unspecified atom stereocenters. The van der Waals surface area contributed by atoms with E-state index in [1.165, 1.54) is 4.90 Å². The smallest absolute Gasteiger partial charge is 0.255 e. The Bertz CT molecular complexity index is 955. The fourth-order valence-electron chi connectivity index (χ4n) is 3.44. The molecule has 2 N–H and O–H groups in total. The van der Waals surface area contributed by atoms with E-state index in [0.29, 0.717) is 23.2 Å². The molecule has 0 radical (unpaired) electrons. The lowest BCUT2D eigenvalue weighted by molar-refractivity contribution is -0.136. The molecule has 0 aliphatic carbocycles. The van der Waals surface area contributed by atoms with Crippen molar-refractivity contribution in [3.63, 3.8) is 0 Å². The van der Waals surface area contributed by atoms with Crippen LogP contribution in [0.2, 0.25) is 0 Å². The van der Waals surface area contributed by atoms with Crippen LogP contribution in [0.3, 0.4) is 0 Å². The van der Waals surface area contributed by atoms with Gasteiger partial charge >= 0.3 is 0 Å². The first-order chi connectivity index (χ1) is 13.0. The molecule has 0 saturated carbocycles. The third kappa shape index (κ3) is 3.19. The van der Waals surface area contributed by atoms with Gasteiger partial charge in [0.2, 0.25) is 11.8 Å². The van der Waals surface area contributed by atoms with E-state index in [0.717, 1.165) is 5.56 Å². The van der Waals surface area contributed by atoms with Gasteiger partial charge in [0.15, 0.2) is 0 Å². The molecular formula is C20H17N3O4. The number of hydrogen-bond acceptors (Lipinski definition) is 4. The quantitative estimate of drug-likeness (QED) is 0.812. The molecule has 2 aliphatic rings. The van der Waals surface area contributed by atoms with E-state index < -0.39 is 11.9 Å². The van der Waals surface area contributed by atoms with Gasteiger partial charge in [-0.15, -0.1) is 0 Å². The maximum absolute atomic E-state index is 12.7. The van der Waals surface area contributed by atoms with Gasteiger partial charge in [-0.1, -0.05) is 18.2 Å². The minimum absolute atomic E-state index is 0.217. The van der Waals surface area contributed by atoms with Crippen LogP contribution >= 0.6 is 0 Å². The average Bonchev–Trinajstić information content (AvgIpc) is 2.98. The van der Waals surface area contributed by atoms with Gasteiger partial charge in [0.1, 0.15) is 6.04 Å². The lowest BCUT2D eigenvalue weighted by Crippen LogP contribution is -2.52. The summed E-state index contributed by atoms with van der Waals surface area (Å²) in [6, 6.07) is 13.3. The summed E-state index contributed by atoms with van der Waals surface area (Å²) in [6.45, 7) is 0.273. The molecule has 136 valence electrons. The van der Waals surface area contributed by atoms with Crippen LogP contribution in [0.25, 0.3) is 0 Å². The Morgan fingerprint density at radius 2 is 1.85 bits per heavy atom. The fourth-order valence-corrected chi connectivity index (χ4v) is 3.44. The third-order valence-electron chi connectivity index (χ3n) is 4.82. The summed E-state index contributed by atoms with van der Waals surface area (Å²) in [5.41, 5.74) is 2.38. The number of amides is 4.